The Bertz CT molecular complexity index is 974. The fourth-order valence-electron chi connectivity index (χ4n) is 2.54. The van der Waals surface area contributed by atoms with Gasteiger partial charge in [-0.1, -0.05) is 29.8 Å². The molecule has 124 valence electrons. The van der Waals surface area contributed by atoms with Gasteiger partial charge in [0.15, 0.2) is 0 Å². The van der Waals surface area contributed by atoms with Crippen LogP contribution in [0.4, 0.5) is 5.69 Å². The predicted octanol–water partition coefficient (Wildman–Crippen LogP) is 3.60. The average Bonchev–Trinajstić information content (AvgIpc) is 2.86. The van der Waals surface area contributed by atoms with Gasteiger partial charge >= 0.3 is 0 Å². The first-order valence-electron chi connectivity index (χ1n) is 7.59. The second-order valence-corrected chi connectivity index (χ2v) is 7.46. The minimum Gasteiger partial charge on any atom is -0.277 e. The first-order valence-corrected chi connectivity index (χ1v) is 9.07. The molecule has 1 heterocycles. The van der Waals surface area contributed by atoms with Crippen LogP contribution in [0.25, 0.3) is 5.69 Å². The number of nitrogens with zero attached hydrogens (tertiary/aromatic N) is 2. The molecule has 0 amide bonds. The van der Waals surface area contributed by atoms with E-state index in [4.69, 9.17) is 0 Å². The molecule has 0 aliphatic carbocycles. The standard InChI is InChI=1S/C18H19N3O2S/c1-13-8-10-16(11-9-13)24(22,23)20-17-6-4-5-7-18(17)21-15(3)12-14(2)19-21/h4-12,20H,1-3H3. The topological polar surface area (TPSA) is 64.0 Å². The Balaban J connectivity index is 2.02. The van der Waals surface area contributed by atoms with Gasteiger partial charge in [0.05, 0.1) is 22.0 Å². The summed E-state index contributed by atoms with van der Waals surface area (Å²) in [7, 11) is -3.66. The Morgan fingerprint density at radius 2 is 1.62 bits per heavy atom. The molecule has 0 atom stereocenters. The Kier molecular flexibility index (Phi) is 4.15. The summed E-state index contributed by atoms with van der Waals surface area (Å²) < 4.78 is 29.7. The van der Waals surface area contributed by atoms with Gasteiger partial charge < -0.3 is 0 Å². The normalized spacial score (nSPS) is 11.5. The second-order valence-electron chi connectivity index (χ2n) is 5.77. The number of benzene rings is 2. The number of anilines is 1. The van der Waals surface area contributed by atoms with E-state index in [0.29, 0.717) is 11.4 Å². The third-order valence-electron chi connectivity index (χ3n) is 3.72. The predicted molar refractivity (Wildman–Crippen MR) is 95.0 cm³/mol. The van der Waals surface area contributed by atoms with Crippen LogP contribution in [0, 0.1) is 20.8 Å². The fourth-order valence-corrected chi connectivity index (χ4v) is 3.61. The van der Waals surface area contributed by atoms with Gasteiger partial charge in [0.2, 0.25) is 0 Å². The zero-order valence-corrected chi connectivity index (χ0v) is 14.6. The quantitative estimate of drug-likeness (QED) is 0.788. The largest absolute Gasteiger partial charge is 0.277 e. The highest BCUT2D eigenvalue weighted by Crippen LogP contribution is 2.24. The summed E-state index contributed by atoms with van der Waals surface area (Å²) in [5, 5.41) is 4.44. The second kappa shape index (κ2) is 6.13. The average molecular weight is 341 g/mol. The molecule has 0 radical (unpaired) electrons. The highest BCUT2D eigenvalue weighted by molar-refractivity contribution is 7.92. The van der Waals surface area contributed by atoms with Gasteiger partial charge in [0.1, 0.15) is 0 Å². The number of rotatable bonds is 4. The summed E-state index contributed by atoms with van der Waals surface area (Å²) in [5.41, 5.74) is 4.01. The minimum atomic E-state index is -3.66. The van der Waals surface area contributed by atoms with Gasteiger partial charge in [-0.2, -0.15) is 5.10 Å². The summed E-state index contributed by atoms with van der Waals surface area (Å²) in [5.74, 6) is 0. The number of hydrogen-bond acceptors (Lipinski definition) is 3. The van der Waals surface area contributed by atoms with E-state index in [1.54, 1.807) is 41.1 Å². The van der Waals surface area contributed by atoms with E-state index in [1.807, 2.05) is 39.0 Å². The van der Waals surface area contributed by atoms with Crippen LogP contribution in [0.2, 0.25) is 0 Å². The summed E-state index contributed by atoms with van der Waals surface area (Å²) >= 11 is 0. The van der Waals surface area contributed by atoms with Crippen LogP contribution in [0.1, 0.15) is 17.0 Å². The first kappa shape index (κ1) is 16.3. The van der Waals surface area contributed by atoms with Crippen molar-refractivity contribution in [2.24, 2.45) is 0 Å². The smallest absolute Gasteiger partial charge is 0.261 e. The third-order valence-corrected chi connectivity index (χ3v) is 5.10. The lowest BCUT2D eigenvalue weighted by Crippen LogP contribution is -2.15. The van der Waals surface area contributed by atoms with Gasteiger partial charge in [-0.05, 0) is 51.1 Å². The lowest BCUT2D eigenvalue weighted by Gasteiger charge is -2.14. The van der Waals surface area contributed by atoms with Crippen molar-refractivity contribution in [1.82, 2.24) is 9.78 Å². The van der Waals surface area contributed by atoms with Crippen LogP contribution in [0.5, 0.6) is 0 Å². The molecule has 2 aromatic carbocycles. The molecule has 0 aliphatic heterocycles. The molecular formula is C18H19N3O2S. The highest BCUT2D eigenvalue weighted by atomic mass is 32.2. The van der Waals surface area contributed by atoms with E-state index >= 15 is 0 Å². The maximum atomic E-state index is 12.6. The molecule has 0 spiro atoms. The van der Waals surface area contributed by atoms with Crippen LogP contribution in [-0.2, 0) is 10.0 Å². The van der Waals surface area contributed by atoms with E-state index in [1.165, 1.54) is 0 Å². The molecule has 1 N–H and O–H groups in total. The summed E-state index contributed by atoms with van der Waals surface area (Å²) in [4.78, 5) is 0.233. The fraction of sp³-hybridized carbons (Fsp3) is 0.167. The lowest BCUT2D eigenvalue weighted by atomic mass is 10.2. The lowest BCUT2D eigenvalue weighted by molar-refractivity contribution is 0.601. The van der Waals surface area contributed by atoms with Crippen molar-refractivity contribution >= 4 is 15.7 Å². The zero-order valence-electron chi connectivity index (χ0n) is 13.8. The number of aryl methyl sites for hydroxylation is 3. The number of nitrogens with one attached hydrogen (secondary N) is 1. The minimum absolute atomic E-state index is 0.233. The number of aromatic nitrogens is 2. The molecule has 3 rings (SSSR count). The Morgan fingerprint density at radius 3 is 2.25 bits per heavy atom. The van der Waals surface area contributed by atoms with E-state index in [2.05, 4.69) is 9.82 Å². The molecule has 0 aliphatic rings. The molecular weight excluding hydrogens is 322 g/mol. The number of para-hydroxylation sites is 2. The maximum absolute atomic E-state index is 12.6. The molecule has 0 saturated heterocycles. The van der Waals surface area contributed by atoms with Gasteiger partial charge in [-0.25, -0.2) is 13.1 Å². The summed E-state index contributed by atoms with van der Waals surface area (Å²) in [6.45, 7) is 5.76. The number of hydrogen-bond donors (Lipinski definition) is 1. The Morgan fingerprint density at radius 1 is 0.958 bits per heavy atom. The SMILES string of the molecule is Cc1ccc(S(=O)(=O)Nc2ccccc2-n2nc(C)cc2C)cc1. The van der Waals surface area contributed by atoms with Crippen molar-refractivity contribution in [2.45, 2.75) is 25.7 Å². The first-order chi connectivity index (χ1) is 11.4. The molecule has 0 unspecified atom stereocenters. The van der Waals surface area contributed by atoms with Crippen molar-refractivity contribution in [2.75, 3.05) is 4.72 Å². The third kappa shape index (κ3) is 3.19. The van der Waals surface area contributed by atoms with Crippen LogP contribution < -0.4 is 4.72 Å². The van der Waals surface area contributed by atoms with E-state index in [9.17, 15) is 8.42 Å². The van der Waals surface area contributed by atoms with Gasteiger partial charge in [0, 0.05) is 5.69 Å². The molecule has 6 heteroatoms. The monoisotopic (exact) mass is 341 g/mol. The van der Waals surface area contributed by atoms with Crippen LogP contribution in [-0.4, -0.2) is 18.2 Å². The number of sulfonamides is 1. The Labute approximate surface area is 142 Å². The molecule has 0 fully saturated rings. The van der Waals surface area contributed by atoms with Gasteiger partial charge in [-0.3, -0.25) is 4.72 Å². The molecule has 5 nitrogen and oxygen atoms in total. The van der Waals surface area contributed by atoms with E-state index < -0.39 is 10.0 Å². The summed E-state index contributed by atoms with van der Waals surface area (Å²) in [6.07, 6.45) is 0. The zero-order chi connectivity index (χ0) is 17.3. The van der Waals surface area contributed by atoms with Gasteiger partial charge in [-0.15, -0.1) is 0 Å². The van der Waals surface area contributed by atoms with E-state index in [-0.39, 0.29) is 4.90 Å². The van der Waals surface area contributed by atoms with Crippen LogP contribution in [0.15, 0.2) is 59.5 Å². The molecule has 3 aromatic rings. The highest BCUT2D eigenvalue weighted by Gasteiger charge is 2.17. The molecule has 24 heavy (non-hydrogen) atoms. The van der Waals surface area contributed by atoms with Crippen molar-refractivity contribution in [3.05, 3.63) is 71.5 Å². The Hall–Kier alpha value is -2.60. The van der Waals surface area contributed by atoms with Crippen molar-refractivity contribution in [1.29, 1.82) is 0 Å². The van der Waals surface area contributed by atoms with Crippen LogP contribution in [0.3, 0.4) is 0 Å². The maximum Gasteiger partial charge on any atom is 0.261 e. The van der Waals surface area contributed by atoms with Crippen molar-refractivity contribution in [3.63, 3.8) is 0 Å². The van der Waals surface area contributed by atoms with Gasteiger partial charge in [0.25, 0.3) is 10.0 Å². The molecule has 0 saturated carbocycles. The molecule has 0 bridgehead atoms. The summed E-state index contributed by atoms with van der Waals surface area (Å²) in [6, 6.07) is 15.9. The molecule has 1 aromatic heterocycles. The van der Waals surface area contributed by atoms with Crippen molar-refractivity contribution < 1.29 is 8.42 Å². The van der Waals surface area contributed by atoms with E-state index in [0.717, 1.165) is 17.0 Å². The van der Waals surface area contributed by atoms with Crippen molar-refractivity contribution in [3.8, 4) is 5.69 Å². The van der Waals surface area contributed by atoms with Crippen LogP contribution >= 0.6 is 0 Å².